The minimum Gasteiger partial charge on any atom is -0.355 e. The predicted octanol–water partition coefficient (Wildman–Crippen LogP) is 2.93. The molecular weight excluding hydrogens is 303 g/mol. The van der Waals surface area contributed by atoms with Crippen LogP contribution in [0.2, 0.25) is 0 Å². The molecule has 2 aromatic carbocycles. The molecule has 1 amide bonds. The average molecular weight is 326 g/mol. The number of rotatable bonds is 5. The van der Waals surface area contributed by atoms with Crippen LogP contribution in [0, 0.1) is 5.82 Å². The molecule has 3 rings (SSSR count). The number of hydrogen-bond donors (Lipinski definition) is 1. The van der Waals surface area contributed by atoms with Gasteiger partial charge in [0.05, 0.1) is 0 Å². The van der Waals surface area contributed by atoms with Crippen LogP contribution in [0.15, 0.2) is 48.5 Å². The van der Waals surface area contributed by atoms with Crippen LogP contribution in [-0.4, -0.2) is 30.4 Å². The quantitative estimate of drug-likeness (QED) is 0.916. The molecule has 1 N–H and O–H groups in total. The first-order valence-corrected chi connectivity index (χ1v) is 8.40. The van der Waals surface area contributed by atoms with E-state index in [9.17, 15) is 9.18 Å². The number of carbonyl (C=O) groups is 1. The Kier molecular flexibility index (Phi) is 5.26. The zero-order valence-electron chi connectivity index (χ0n) is 14.0. The Hall–Kier alpha value is -2.20. The average Bonchev–Trinajstić information content (AvgIpc) is 2.58. The molecule has 0 aliphatic carbocycles. The third kappa shape index (κ3) is 4.20. The largest absolute Gasteiger partial charge is 0.355 e. The molecule has 0 saturated heterocycles. The zero-order valence-corrected chi connectivity index (χ0v) is 14.0. The Morgan fingerprint density at radius 3 is 2.79 bits per heavy atom. The van der Waals surface area contributed by atoms with Gasteiger partial charge in [-0.25, -0.2) is 4.39 Å². The highest BCUT2D eigenvalue weighted by Gasteiger charge is 2.23. The molecule has 24 heavy (non-hydrogen) atoms. The molecule has 1 atom stereocenters. The highest BCUT2D eigenvalue weighted by molar-refractivity contribution is 5.76. The lowest BCUT2D eigenvalue weighted by molar-refractivity contribution is -0.121. The maximum absolute atomic E-state index is 13.1. The Balaban J connectivity index is 1.48. The number of benzene rings is 2. The predicted molar refractivity (Wildman–Crippen MR) is 93.1 cm³/mol. The van der Waals surface area contributed by atoms with Crippen molar-refractivity contribution in [3.8, 4) is 0 Å². The summed E-state index contributed by atoms with van der Waals surface area (Å²) >= 11 is 0. The fraction of sp³-hybridized carbons (Fsp3) is 0.350. The molecule has 0 saturated carbocycles. The third-order valence-corrected chi connectivity index (χ3v) is 4.68. The van der Waals surface area contributed by atoms with Gasteiger partial charge in [-0.1, -0.05) is 36.4 Å². The van der Waals surface area contributed by atoms with Gasteiger partial charge in [-0.05, 0) is 48.7 Å². The van der Waals surface area contributed by atoms with Gasteiger partial charge in [0, 0.05) is 25.6 Å². The lowest BCUT2D eigenvalue weighted by Gasteiger charge is -2.34. The minimum atomic E-state index is -0.254. The van der Waals surface area contributed by atoms with Crippen molar-refractivity contribution in [1.82, 2.24) is 10.2 Å². The second-order valence-electron chi connectivity index (χ2n) is 6.48. The lowest BCUT2D eigenvalue weighted by atomic mass is 9.94. The first-order valence-electron chi connectivity index (χ1n) is 8.40. The molecule has 3 nitrogen and oxygen atoms in total. The molecule has 0 fully saturated rings. The maximum Gasteiger partial charge on any atom is 0.220 e. The second kappa shape index (κ2) is 7.58. The van der Waals surface area contributed by atoms with Crippen LogP contribution in [0.3, 0.4) is 0 Å². The lowest BCUT2D eigenvalue weighted by Crippen LogP contribution is -2.45. The molecule has 1 aliphatic heterocycles. The number of halogens is 1. The van der Waals surface area contributed by atoms with Gasteiger partial charge in [-0.15, -0.1) is 0 Å². The Labute approximate surface area is 142 Å². The molecule has 2 aromatic rings. The van der Waals surface area contributed by atoms with E-state index in [1.54, 1.807) is 6.07 Å². The first-order chi connectivity index (χ1) is 11.6. The molecule has 126 valence electrons. The van der Waals surface area contributed by atoms with Crippen molar-refractivity contribution >= 4 is 5.91 Å². The monoisotopic (exact) mass is 326 g/mol. The number of fused-ring (bicyclic) bond motifs is 1. The normalized spacial score (nSPS) is 17.3. The number of carbonyl (C=O) groups excluding carboxylic acids is 1. The van der Waals surface area contributed by atoms with E-state index < -0.39 is 0 Å². The van der Waals surface area contributed by atoms with E-state index in [2.05, 4.69) is 41.5 Å². The van der Waals surface area contributed by atoms with Gasteiger partial charge < -0.3 is 5.32 Å². The summed E-state index contributed by atoms with van der Waals surface area (Å²) in [6, 6.07) is 15.2. The number of nitrogens with one attached hydrogen (secondary N) is 1. The van der Waals surface area contributed by atoms with Gasteiger partial charge in [0.15, 0.2) is 0 Å². The number of aryl methyl sites for hydroxylation is 1. The van der Waals surface area contributed by atoms with E-state index in [1.165, 1.54) is 23.3 Å². The number of nitrogens with zero attached hydrogens (tertiary/aromatic N) is 1. The molecule has 0 aromatic heterocycles. The number of hydrogen-bond acceptors (Lipinski definition) is 2. The third-order valence-electron chi connectivity index (χ3n) is 4.68. The van der Waals surface area contributed by atoms with Crippen LogP contribution in [0.25, 0.3) is 0 Å². The second-order valence-corrected chi connectivity index (χ2v) is 6.48. The van der Waals surface area contributed by atoms with Gasteiger partial charge in [0.2, 0.25) is 5.91 Å². The van der Waals surface area contributed by atoms with E-state index in [0.717, 1.165) is 18.5 Å². The standard InChI is InChI=1S/C20H23FN2O/c1-23-14-17-7-3-2-6-16(17)12-19(23)13-22-20(24)10-9-15-5-4-8-18(21)11-15/h2-8,11,19H,9-10,12-14H2,1H3,(H,22,24). The first kappa shape index (κ1) is 16.7. The van der Waals surface area contributed by atoms with Crippen molar-refractivity contribution < 1.29 is 9.18 Å². The summed E-state index contributed by atoms with van der Waals surface area (Å²) in [5.74, 6) is -0.234. The molecule has 1 unspecified atom stereocenters. The smallest absolute Gasteiger partial charge is 0.220 e. The van der Waals surface area contributed by atoms with E-state index in [-0.39, 0.29) is 11.7 Å². The minimum absolute atomic E-state index is 0.0199. The summed E-state index contributed by atoms with van der Waals surface area (Å²) in [7, 11) is 2.10. The summed E-state index contributed by atoms with van der Waals surface area (Å²) in [4.78, 5) is 14.4. The van der Waals surface area contributed by atoms with Gasteiger partial charge in [-0.2, -0.15) is 0 Å². The molecule has 1 aliphatic rings. The molecule has 0 bridgehead atoms. The van der Waals surface area contributed by atoms with Gasteiger partial charge in [-0.3, -0.25) is 9.69 Å². The Morgan fingerprint density at radius 1 is 1.21 bits per heavy atom. The summed E-state index contributed by atoms with van der Waals surface area (Å²) < 4.78 is 13.1. The van der Waals surface area contributed by atoms with Crippen molar-refractivity contribution in [3.63, 3.8) is 0 Å². The van der Waals surface area contributed by atoms with Gasteiger partial charge in [0.1, 0.15) is 5.82 Å². The Bertz CT molecular complexity index is 716. The fourth-order valence-electron chi connectivity index (χ4n) is 3.22. The molecule has 0 radical (unpaired) electrons. The summed E-state index contributed by atoms with van der Waals surface area (Å²) in [5, 5.41) is 3.02. The van der Waals surface area contributed by atoms with Crippen LogP contribution in [0.4, 0.5) is 4.39 Å². The van der Waals surface area contributed by atoms with Gasteiger partial charge >= 0.3 is 0 Å². The molecular formula is C20H23FN2O. The summed E-state index contributed by atoms with van der Waals surface area (Å²) in [6.45, 7) is 1.56. The highest BCUT2D eigenvalue weighted by Crippen LogP contribution is 2.21. The van der Waals surface area contributed by atoms with Crippen molar-refractivity contribution in [1.29, 1.82) is 0 Å². The van der Waals surface area contributed by atoms with Crippen molar-refractivity contribution in [2.45, 2.75) is 31.8 Å². The van der Waals surface area contributed by atoms with Crippen molar-refractivity contribution in [3.05, 3.63) is 71.0 Å². The van der Waals surface area contributed by atoms with E-state index in [0.29, 0.717) is 25.4 Å². The van der Waals surface area contributed by atoms with Crippen molar-refractivity contribution in [2.24, 2.45) is 0 Å². The SMILES string of the molecule is CN1Cc2ccccc2CC1CNC(=O)CCc1cccc(F)c1. The number of amides is 1. The van der Waals surface area contributed by atoms with E-state index >= 15 is 0 Å². The summed E-state index contributed by atoms with van der Waals surface area (Å²) in [6.07, 6.45) is 1.90. The zero-order chi connectivity index (χ0) is 16.9. The Morgan fingerprint density at radius 2 is 2.00 bits per heavy atom. The fourth-order valence-corrected chi connectivity index (χ4v) is 3.22. The van der Waals surface area contributed by atoms with Crippen molar-refractivity contribution in [2.75, 3.05) is 13.6 Å². The van der Waals surface area contributed by atoms with Crippen LogP contribution in [0.5, 0.6) is 0 Å². The van der Waals surface area contributed by atoms with E-state index in [1.807, 2.05) is 6.07 Å². The topological polar surface area (TPSA) is 32.3 Å². The molecule has 0 spiro atoms. The van der Waals surface area contributed by atoms with E-state index in [4.69, 9.17) is 0 Å². The highest BCUT2D eigenvalue weighted by atomic mass is 19.1. The van der Waals surface area contributed by atoms with Gasteiger partial charge in [0.25, 0.3) is 0 Å². The molecule has 1 heterocycles. The maximum atomic E-state index is 13.1. The van der Waals surface area contributed by atoms with Crippen LogP contribution >= 0.6 is 0 Å². The van der Waals surface area contributed by atoms with Crippen LogP contribution in [0.1, 0.15) is 23.1 Å². The van der Waals surface area contributed by atoms with Crippen LogP contribution in [-0.2, 0) is 24.2 Å². The summed E-state index contributed by atoms with van der Waals surface area (Å²) in [5.41, 5.74) is 3.59. The number of likely N-dealkylation sites (N-methyl/N-ethyl adjacent to an activating group) is 1. The molecule has 4 heteroatoms. The van der Waals surface area contributed by atoms with Crippen LogP contribution < -0.4 is 5.32 Å².